The number of nitrogens with one attached hydrogen (secondary N) is 1. The Morgan fingerprint density at radius 3 is 2.64 bits per heavy atom. The fourth-order valence-electron chi connectivity index (χ4n) is 2.62. The predicted molar refractivity (Wildman–Crippen MR) is 114 cm³/mol. The molecule has 1 fully saturated rings. The van der Waals surface area contributed by atoms with Gasteiger partial charge >= 0.3 is 0 Å². The van der Waals surface area contributed by atoms with Crippen LogP contribution in [0.4, 0.5) is 4.39 Å². The molecule has 1 aromatic carbocycles. The van der Waals surface area contributed by atoms with Gasteiger partial charge in [-0.3, -0.25) is 0 Å². The zero-order chi connectivity index (χ0) is 18.0. The lowest BCUT2D eigenvalue weighted by Gasteiger charge is -2.39. The van der Waals surface area contributed by atoms with Gasteiger partial charge < -0.3 is 10.2 Å². The van der Waals surface area contributed by atoms with Gasteiger partial charge in [0.25, 0.3) is 0 Å². The van der Waals surface area contributed by atoms with Crippen LogP contribution in [-0.2, 0) is 16.4 Å². The first kappa shape index (κ1) is 22.6. The van der Waals surface area contributed by atoms with Gasteiger partial charge in [0.15, 0.2) is 15.8 Å². The minimum Gasteiger partial charge on any atom is -0.357 e. The summed E-state index contributed by atoms with van der Waals surface area (Å²) in [6.07, 6.45) is 0. The van der Waals surface area contributed by atoms with Crippen LogP contribution in [0.15, 0.2) is 27.7 Å². The standard InChI is InChI=1S/C16H23BrFN3O2S.HI/c1-4-19-15(20-10-12-7-13(17)9-14(18)8-12)21-5-6-24(22,23)16(2,3)11-21;/h7-9H,4-6,10-11H2,1-3H3,(H,19,20);1H. The lowest BCUT2D eigenvalue weighted by atomic mass is 10.2. The molecule has 0 unspecified atom stereocenters. The minimum absolute atomic E-state index is 0. The van der Waals surface area contributed by atoms with Crippen molar-refractivity contribution in [1.29, 1.82) is 0 Å². The molecule has 0 aliphatic carbocycles. The molecule has 25 heavy (non-hydrogen) atoms. The fourth-order valence-corrected chi connectivity index (χ4v) is 4.50. The molecule has 0 aromatic heterocycles. The smallest absolute Gasteiger partial charge is 0.194 e. The Labute approximate surface area is 174 Å². The molecule has 0 amide bonds. The number of benzene rings is 1. The van der Waals surface area contributed by atoms with Crippen molar-refractivity contribution in [3.8, 4) is 0 Å². The summed E-state index contributed by atoms with van der Waals surface area (Å²) in [5.41, 5.74) is 0.751. The Balaban J connectivity index is 0.00000312. The summed E-state index contributed by atoms with van der Waals surface area (Å²) in [6.45, 7) is 7.22. The highest BCUT2D eigenvalue weighted by Gasteiger charge is 2.40. The van der Waals surface area contributed by atoms with Gasteiger partial charge in [-0.15, -0.1) is 24.0 Å². The molecule has 9 heteroatoms. The van der Waals surface area contributed by atoms with Crippen molar-refractivity contribution in [3.05, 3.63) is 34.1 Å². The molecule has 1 heterocycles. The zero-order valence-corrected chi connectivity index (χ0v) is 19.3. The van der Waals surface area contributed by atoms with Crippen LogP contribution >= 0.6 is 39.9 Å². The van der Waals surface area contributed by atoms with Gasteiger partial charge in [0, 0.05) is 24.1 Å². The van der Waals surface area contributed by atoms with E-state index >= 15 is 0 Å². The maximum Gasteiger partial charge on any atom is 0.194 e. The highest BCUT2D eigenvalue weighted by molar-refractivity contribution is 14.0. The molecule has 5 nitrogen and oxygen atoms in total. The van der Waals surface area contributed by atoms with Crippen LogP contribution in [0.3, 0.4) is 0 Å². The van der Waals surface area contributed by atoms with Crippen molar-refractivity contribution < 1.29 is 12.8 Å². The number of sulfone groups is 1. The van der Waals surface area contributed by atoms with Crippen LogP contribution in [0, 0.1) is 5.82 Å². The second kappa shape index (κ2) is 8.98. The third-order valence-corrected chi connectivity index (χ3v) is 7.00. The molecule has 0 radical (unpaired) electrons. The van der Waals surface area contributed by atoms with Gasteiger partial charge in [0.1, 0.15) is 5.82 Å². The van der Waals surface area contributed by atoms with Crippen LogP contribution in [0.1, 0.15) is 26.3 Å². The maximum absolute atomic E-state index is 13.5. The van der Waals surface area contributed by atoms with E-state index in [0.29, 0.717) is 36.6 Å². The molecular formula is C16H24BrFIN3O2S. The summed E-state index contributed by atoms with van der Waals surface area (Å²) in [4.78, 5) is 6.51. The van der Waals surface area contributed by atoms with Crippen LogP contribution in [0.2, 0.25) is 0 Å². The Hall–Kier alpha value is -0.420. The van der Waals surface area contributed by atoms with Gasteiger partial charge in [-0.05, 0) is 44.5 Å². The molecule has 0 atom stereocenters. The number of halogens is 3. The lowest BCUT2D eigenvalue weighted by molar-refractivity contribution is 0.353. The van der Waals surface area contributed by atoms with Crippen molar-refractivity contribution in [2.75, 3.05) is 25.4 Å². The van der Waals surface area contributed by atoms with E-state index in [1.807, 2.05) is 17.9 Å². The summed E-state index contributed by atoms with van der Waals surface area (Å²) in [5.74, 6) is 0.446. The predicted octanol–water partition coefficient (Wildman–Crippen LogP) is 3.18. The normalized spacial score (nSPS) is 19.2. The van der Waals surface area contributed by atoms with Gasteiger partial charge in [-0.1, -0.05) is 15.9 Å². The number of nitrogens with zero attached hydrogens (tertiary/aromatic N) is 2. The van der Waals surface area contributed by atoms with Crippen molar-refractivity contribution >= 4 is 55.7 Å². The second-order valence-corrected chi connectivity index (χ2v) is 10.1. The molecule has 2 rings (SSSR count). The van der Waals surface area contributed by atoms with E-state index in [1.54, 1.807) is 13.8 Å². The molecule has 1 saturated heterocycles. The minimum atomic E-state index is -3.10. The Kier molecular flexibility index (Phi) is 8.13. The van der Waals surface area contributed by atoms with Crippen molar-refractivity contribution in [2.45, 2.75) is 32.1 Å². The molecule has 142 valence electrons. The number of aliphatic imine (C=N–C) groups is 1. The Morgan fingerprint density at radius 2 is 2.08 bits per heavy atom. The van der Waals surface area contributed by atoms with E-state index in [9.17, 15) is 12.8 Å². The number of hydrogen-bond donors (Lipinski definition) is 1. The Morgan fingerprint density at radius 1 is 1.40 bits per heavy atom. The van der Waals surface area contributed by atoms with Crippen molar-refractivity contribution in [2.24, 2.45) is 4.99 Å². The van der Waals surface area contributed by atoms with Gasteiger partial charge in [-0.25, -0.2) is 17.8 Å². The molecule has 1 N–H and O–H groups in total. The third-order valence-electron chi connectivity index (χ3n) is 4.01. The van der Waals surface area contributed by atoms with E-state index in [-0.39, 0.29) is 35.5 Å². The summed E-state index contributed by atoms with van der Waals surface area (Å²) < 4.78 is 37.6. The van der Waals surface area contributed by atoms with Crippen LogP contribution in [-0.4, -0.2) is 49.4 Å². The van der Waals surface area contributed by atoms with E-state index < -0.39 is 14.6 Å². The highest BCUT2D eigenvalue weighted by atomic mass is 127. The average Bonchev–Trinajstić information content (AvgIpc) is 2.45. The summed E-state index contributed by atoms with van der Waals surface area (Å²) >= 11 is 3.27. The topological polar surface area (TPSA) is 61.8 Å². The first-order valence-corrected chi connectivity index (χ1v) is 10.3. The van der Waals surface area contributed by atoms with E-state index in [2.05, 4.69) is 26.2 Å². The molecule has 0 bridgehead atoms. The first-order valence-electron chi connectivity index (χ1n) is 7.85. The van der Waals surface area contributed by atoms with Crippen LogP contribution < -0.4 is 5.32 Å². The lowest BCUT2D eigenvalue weighted by Crippen LogP contribution is -2.57. The maximum atomic E-state index is 13.5. The molecule has 1 aliphatic heterocycles. The largest absolute Gasteiger partial charge is 0.357 e. The van der Waals surface area contributed by atoms with Crippen molar-refractivity contribution in [1.82, 2.24) is 10.2 Å². The number of guanidine groups is 1. The molecule has 0 saturated carbocycles. The van der Waals surface area contributed by atoms with Crippen molar-refractivity contribution in [3.63, 3.8) is 0 Å². The third kappa shape index (κ3) is 5.78. The second-order valence-electron chi connectivity index (χ2n) is 6.45. The number of rotatable bonds is 3. The van der Waals surface area contributed by atoms with E-state index in [4.69, 9.17) is 0 Å². The highest BCUT2D eigenvalue weighted by Crippen LogP contribution is 2.24. The monoisotopic (exact) mass is 547 g/mol. The quantitative estimate of drug-likeness (QED) is 0.359. The van der Waals surface area contributed by atoms with Gasteiger partial charge in [0.2, 0.25) is 0 Å². The van der Waals surface area contributed by atoms with Crippen LogP contribution in [0.5, 0.6) is 0 Å². The first-order chi connectivity index (χ1) is 11.1. The summed E-state index contributed by atoms with van der Waals surface area (Å²) in [7, 11) is -3.10. The summed E-state index contributed by atoms with van der Waals surface area (Å²) in [6, 6.07) is 4.67. The molecular weight excluding hydrogens is 524 g/mol. The van der Waals surface area contributed by atoms with E-state index in [1.165, 1.54) is 12.1 Å². The summed E-state index contributed by atoms with van der Waals surface area (Å²) in [5, 5.41) is 3.19. The molecule has 1 aromatic rings. The molecule has 0 spiro atoms. The Bertz CT molecular complexity index is 721. The van der Waals surface area contributed by atoms with Gasteiger partial charge in [-0.2, -0.15) is 0 Å². The fraction of sp³-hybridized carbons (Fsp3) is 0.562. The van der Waals surface area contributed by atoms with Gasteiger partial charge in [0.05, 0.1) is 17.0 Å². The SMILES string of the molecule is CCNC(=NCc1cc(F)cc(Br)c1)N1CCS(=O)(=O)C(C)(C)C1.I. The van der Waals surface area contributed by atoms with Crippen LogP contribution in [0.25, 0.3) is 0 Å². The number of hydrogen-bond acceptors (Lipinski definition) is 3. The molecule has 1 aliphatic rings. The average molecular weight is 548 g/mol. The van der Waals surface area contributed by atoms with E-state index in [0.717, 1.165) is 5.56 Å². The zero-order valence-electron chi connectivity index (χ0n) is 14.6.